The number of aliphatic hydroxyl groups is 1. The fourth-order valence-corrected chi connectivity index (χ4v) is 13.1. The van der Waals surface area contributed by atoms with Crippen molar-refractivity contribution in [2.75, 3.05) is 39.6 Å². The molecule has 0 aromatic rings. The van der Waals surface area contributed by atoms with Crippen molar-refractivity contribution < 1.29 is 80.2 Å². The van der Waals surface area contributed by atoms with Gasteiger partial charge in [0.1, 0.15) is 19.3 Å². The first-order valence-electron chi connectivity index (χ1n) is 39.3. The Hall–Kier alpha value is -1.94. The monoisotopic (exact) mass is 1400 g/mol. The zero-order chi connectivity index (χ0) is 70.3. The highest BCUT2D eigenvalue weighted by atomic mass is 31.2. The van der Waals surface area contributed by atoms with Gasteiger partial charge < -0.3 is 33.8 Å². The van der Waals surface area contributed by atoms with Crippen molar-refractivity contribution in [3.63, 3.8) is 0 Å². The quantitative estimate of drug-likeness (QED) is 0.0222. The van der Waals surface area contributed by atoms with E-state index >= 15 is 0 Å². The van der Waals surface area contributed by atoms with E-state index in [4.69, 9.17) is 37.0 Å². The van der Waals surface area contributed by atoms with Gasteiger partial charge in [0.2, 0.25) is 0 Å². The second kappa shape index (κ2) is 65.4. The molecule has 0 fully saturated rings. The summed E-state index contributed by atoms with van der Waals surface area (Å²) in [6.45, 7) is 14.2. The molecule has 0 aromatic heterocycles. The molecule has 7 atom stereocenters. The second-order valence-electron chi connectivity index (χ2n) is 28.8. The fourth-order valence-electron chi connectivity index (χ4n) is 11.5. The first-order chi connectivity index (χ1) is 45.7. The maximum absolute atomic E-state index is 13.1. The molecule has 3 N–H and O–H groups in total. The Labute approximate surface area is 581 Å². The first-order valence-corrected chi connectivity index (χ1v) is 42.3. The average Bonchev–Trinajstić information content (AvgIpc) is 1.71. The van der Waals surface area contributed by atoms with Gasteiger partial charge in [0.25, 0.3) is 0 Å². The van der Waals surface area contributed by atoms with E-state index in [9.17, 15) is 43.2 Å². The van der Waals surface area contributed by atoms with Crippen LogP contribution in [0.1, 0.15) is 383 Å². The summed E-state index contributed by atoms with van der Waals surface area (Å²) in [6, 6.07) is 0. The first kappa shape index (κ1) is 93.1. The summed E-state index contributed by atoms with van der Waals surface area (Å²) in [4.78, 5) is 72.8. The molecule has 0 aromatic carbocycles. The molecule has 5 unspecified atom stereocenters. The fraction of sp³-hybridized carbons (Fsp3) is 0.947. The molecule has 0 spiro atoms. The smallest absolute Gasteiger partial charge is 0.462 e. The van der Waals surface area contributed by atoms with Gasteiger partial charge in [0.15, 0.2) is 12.2 Å². The highest BCUT2D eigenvalue weighted by Gasteiger charge is 2.30. The lowest BCUT2D eigenvalue weighted by Crippen LogP contribution is -2.30. The number of phosphoric ester groups is 2. The Morgan fingerprint density at radius 1 is 0.295 bits per heavy atom. The number of hydrogen-bond donors (Lipinski definition) is 3. The Bertz CT molecular complexity index is 1870. The van der Waals surface area contributed by atoms with Crippen molar-refractivity contribution in [1.82, 2.24) is 0 Å². The van der Waals surface area contributed by atoms with Crippen LogP contribution in [0.15, 0.2) is 0 Å². The van der Waals surface area contributed by atoms with Crippen LogP contribution in [0.5, 0.6) is 0 Å². The summed E-state index contributed by atoms with van der Waals surface area (Å²) >= 11 is 0. The molecule has 0 aliphatic rings. The van der Waals surface area contributed by atoms with Crippen LogP contribution in [0.25, 0.3) is 0 Å². The minimum absolute atomic E-state index is 0.106. The number of hydrogen-bond acceptors (Lipinski definition) is 15. The van der Waals surface area contributed by atoms with Crippen LogP contribution in [0, 0.1) is 23.7 Å². The molecule has 0 aliphatic heterocycles. The van der Waals surface area contributed by atoms with Crippen LogP contribution in [0.2, 0.25) is 0 Å². The predicted octanol–water partition coefficient (Wildman–Crippen LogP) is 22.0. The molecule has 17 nitrogen and oxygen atoms in total. The van der Waals surface area contributed by atoms with Crippen LogP contribution < -0.4 is 0 Å². The summed E-state index contributed by atoms with van der Waals surface area (Å²) in [6.07, 6.45) is 49.8. The molecular formula is C76H148O17P2. The molecule has 0 radical (unpaired) electrons. The van der Waals surface area contributed by atoms with Crippen molar-refractivity contribution in [3.05, 3.63) is 0 Å². The summed E-state index contributed by atoms with van der Waals surface area (Å²) in [5, 5.41) is 10.6. The van der Waals surface area contributed by atoms with Crippen molar-refractivity contribution in [2.24, 2.45) is 23.7 Å². The minimum Gasteiger partial charge on any atom is -0.462 e. The van der Waals surface area contributed by atoms with E-state index in [1.807, 2.05) is 0 Å². The number of aliphatic hydroxyl groups excluding tert-OH is 1. The van der Waals surface area contributed by atoms with Crippen LogP contribution in [-0.2, 0) is 65.4 Å². The third-order valence-corrected chi connectivity index (χ3v) is 20.2. The number of carbonyl (C=O) groups excluding carboxylic acids is 4. The molecule has 0 heterocycles. The predicted molar refractivity (Wildman–Crippen MR) is 386 cm³/mol. The Kier molecular flexibility index (Phi) is 64.0. The highest BCUT2D eigenvalue weighted by molar-refractivity contribution is 7.47. The Morgan fingerprint density at radius 2 is 0.505 bits per heavy atom. The number of rotatable bonds is 73. The van der Waals surface area contributed by atoms with Crippen molar-refractivity contribution in [2.45, 2.75) is 401 Å². The van der Waals surface area contributed by atoms with Crippen LogP contribution in [-0.4, -0.2) is 96.7 Å². The molecule has 0 bridgehead atoms. The standard InChI is InChI=1S/C76H148O17P2/c1-9-68(7)54-46-38-30-22-17-19-24-32-40-48-56-73(78)86-62-71(92-76(81)59-51-43-34-26-20-18-23-31-39-47-55-69(8)10-2)64-90-94(82,83)88-60-70(77)61-89-95(84,85)91-65-72(63-87-74(79)57-49-41-35-27-29-37-45-53-67(5)6)93-75(80)58-50-42-33-25-16-14-12-11-13-15-21-28-36-44-52-66(3)4/h66-72,77H,9-65H2,1-8H3,(H,82,83)(H,84,85)/t68?,69?,70?,71-,72-/m1/s1. The zero-order valence-corrected chi connectivity index (χ0v) is 64.1. The van der Waals surface area contributed by atoms with Gasteiger partial charge >= 0.3 is 39.5 Å². The largest absolute Gasteiger partial charge is 0.472 e. The number of carbonyl (C=O) groups is 4. The van der Waals surface area contributed by atoms with Crippen LogP contribution in [0.4, 0.5) is 0 Å². The highest BCUT2D eigenvalue weighted by Crippen LogP contribution is 2.45. The molecule has 564 valence electrons. The van der Waals surface area contributed by atoms with Crippen LogP contribution in [0.3, 0.4) is 0 Å². The van der Waals surface area contributed by atoms with Gasteiger partial charge in [-0.05, 0) is 49.4 Å². The van der Waals surface area contributed by atoms with E-state index < -0.39 is 97.5 Å². The third-order valence-electron chi connectivity index (χ3n) is 18.3. The second-order valence-corrected chi connectivity index (χ2v) is 31.7. The van der Waals surface area contributed by atoms with E-state index in [1.54, 1.807) is 0 Å². The molecule has 95 heavy (non-hydrogen) atoms. The number of ether oxygens (including phenoxy) is 4. The van der Waals surface area contributed by atoms with E-state index in [0.717, 1.165) is 114 Å². The number of unbranched alkanes of at least 4 members (excludes halogenated alkanes) is 37. The van der Waals surface area contributed by atoms with E-state index in [1.165, 1.54) is 180 Å². The van der Waals surface area contributed by atoms with Gasteiger partial charge in [-0.3, -0.25) is 37.3 Å². The molecule has 0 saturated heterocycles. The SMILES string of the molecule is CCC(C)CCCCCCCCCCCCC(=O)OC[C@H](COP(=O)(O)OCC(O)COP(=O)(O)OC[C@@H](COC(=O)CCCCCCCCCC(C)C)OC(=O)CCCCCCCCCCCCCCCCC(C)C)OC(=O)CCCCCCCCCCCCC(C)CC. The molecule has 19 heteroatoms. The van der Waals surface area contributed by atoms with E-state index in [0.29, 0.717) is 31.6 Å². The van der Waals surface area contributed by atoms with Crippen molar-refractivity contribution in [3.8, 4) is 0 Å². The van der Waals surface area contributed by atoms with Gasteiger partial charge in [-0.15, -0.1) is 0 Å². The topological polar surface area (TPSA) is 237 Å². The summed E-state index contributed by atoms with van der Waals surface area (Å²) in [7, 11) is -9.91. The lowest BCUT2D eigenvalue weighted by atomic mass is 9.99. The van der Waals surface area contributed by atoms with Crippen LogP contribution >= 0.6 is 15.6 Å². The minimum atomic E-state index is -4.96. The van der Waals surface area contributed by atoms with Gasteiger partial charge in [0.05, 0.1) is 26.4 Å². The Morgan fingerprint density at radius 3 is 0.747 bits per heavy atom. The van der Waals surface area contributed by atoms with Crippen molar-refractivity contribution >= 4 is 39.5 Å². The summed E-state index contributed by atoms with van der Waals surface area (Å²) in [5.41, 5.74) is 0. The van der Waals surface area contributed by atoms with Gasteiger partial charge in [-0.25, -0.2) is 9.13 Å². The molecule has 0 saturated carbocycles. The molecule has 0 rings (SSSR count). The number of phosphoric acid groups is 2. The normalized spacial score (nSPS) is 14.7. The third kappa shape index (κ3) is 67.6. The van der Waals surface area contributed by atoms with Gasteiger partial charge in [0, 0.05) is 25.7 Å². The number of esters is 4. The lowest BCUT2D eigenvalue weighted by molar-refractivity contribution is -0.161. The summed E-state index contributed by atoms with van der Waals surface area (Å²) in [5.74, 6) is 0.992. The van der Waals surface area contributed by atoms with Crippen molar-refractivity contribution in [1.29, 1.82) is 0 Å². The average molecular weight is 1400 g/mol. The Balaban J connectivity index is 5.26. The molecule has 0 amide bonds. The van der Waals surface area contributed by atoms with E-state index in [2.05, 4.69) is 55.4 Å². The zero-order valence-electron chi connectivity index (χ0n) is 62.3. The maximum Gasteiger partial charge on any atom is 0.472 e. The maximum atomic E-state index is 13.1. The van der Waals surface area contributed by atoms with E-state index in [-0.39, 0.29) is 25.7 Å². The summed E-state index contributed by atoms with van der Waals surface area (Å²) < 4.78 is 68.5. The molecular weight excluding hydrogens is 1250 g/mol. The van der Waals surface area contributed by atoms with Gasteiger partial charge in [-0.1, -0.05) is 331 Å². The molecule has 0 aliphatic carbocycles. The van der Waals surface area contributed by atoms with Gasteiger partial charge in [-0.2, -0.15) is 0 Å². The lowest BCUT2D eigenvalue weighted by Gasteiger charge is -2.21.